The molecule has 1 aliphatic rings. The summed E-state index contributed by atoms with van der Waals surface area (Å²) in [6.45, 7) is 2.36. The van der Waals surface area contributed by atoms with Crippen molar-refractivity contribution in [3.8, 4) is 0 Å². The van der Waals surface area contributed by atoms with Gasteiger partial charge in [-0.3, -0.25) is 0 Å². The van der Waals surface area contributed by atoms with E-state index in [9.17, 15) is 0 Å². The molecule has 0 radical (unpaired) electrons. The molecule has 0 aromatic heterocycles. The van der Waals surface area contributed by atoms with Crippen LogP contribution in [-0.4, -0.2) is 5.88 Å². The van der Waals surface area contributed by atoms with Crippen LogP contribution in [0.4, 0.5) is 0 Å². The Morgan fingerprint density at radius 2 is 1.92 bits per heavy atom. The Hall–Kier alpha value is 0.0300. The fraction of sp³-hybridized carbons (Fsp3) is 0.818. The first-order valence-corrected chi connectivity index (χ1v) is 5.59. The molecule has 0 heterocycles. The highest BCUT2D eigenvalue weighted by Gasteiger charge is 2.15. The molecule has 1 saturated carbocycles. The van der Waals surface area contributed by atoms with E-state index in [4.69, 9.17) is 11.6 Å². The summed E-state index contributed by atoms with van der Waals surface area (Å²) in [5.74, 6) is 2.58. The lowest BCUT2D eigenvalue weighted by molar-refractivity contribution is 0.330. The van der Waals surface area contributed by atoms with Crippen molar-refractivity contribution in [2.45, 2.75) is 39.0 Å². The predicted molar refractivity (Wildman–Crippen MR) is 55.6 cm³/mol. The van der Waals surface area contributed by atoms with Gasteiger partial charge in [-0.05, 0) is 31.1 Å². The van der Waals surface area contributed by atoms with Gasteiger partial charge in [0.25, 0.3) is 0 Å². The summed E-state index contributed by atoms with van der Waals surface area (Å²) in [4.78, 5) is 0. The average Bonchev–Trinajstić information content (AvgIpc) is 2.09. The van der Waals surface area contributed by atoms with Crippen LogP contribution in [0.2, 0.25) is 0 Å². The first kappa shape index (κ1) is 10.1. The molecule has 0 amide bonds. The zero-order chi connectivity index (χ0) is 8.81. The van der Waals surface area contributed by atoms with Gasteiger partial charge in [0.2, 0.25) is 0 Å². The molecule has 0 spiro atoms. The van der Waals surface area contributed by atoms with Gasteiger partial charge >= 0.3 is 0 Å². The summed E-state index contributed by atoms with van der Waals surface area (Å²) >= 11 is 5.59. The van der Waals surface area contributed by atoms with Crippen LogP contribution in [0.5, 0.6) is 0 Å². The van der Waals surface area contributed by atoms with Gasteiger partial charge in [0.15, 0.2) is 0 Å². The summed E-state index contributed by atoms with van der Waals surface area (Å²) in [6.07, 6.45) is 11.3. The zero-order valence-electron chi connectivity index (χ0n) is 7.93. The molecule has 0 nitrogen and oxygen atoms in total. The molecule has 0 aromatic carbocycles. The number of hydrogen-bond donors (Lipinski definition) is 0. The lowest BCUT2D eigenvalue weighted by atomic mass is 9.83. The standard InChI is InChI=1S/C11H19Cl/c1-10-5-7-11(8-6-10)4-2-3-9-12/h2,4,10-11H,3,5-9H2,1H3. The molecule has 0 aromatic rings. The maximum Gasteiger partial charge on any atom is 0.0258 e. The van der Waals surface area contributed by atoms with Gasteiger partial charge in [-0.2, -0.15) is 0 Å². The van der Waals surface area contributed by atoms with E-state index in [1.54, 1.807) is 0 Å². The number of alkyl halides is 1. The molecule has 0 atom stereocenters. The Balaban J connectivity index is 2.17. The monoisotopic (exact) mass is 186 g/mol. The lowest BCUT2D eigenvalue weighted by Crippen LogP contribution is -2.09. The highest BCUT2D eigenvalue weighted by molar-refractivity contribution is 6.17. The number of allylic oxidation sites excluding steroid dienone is 2. The Labute approximate surface area is 81.0 Å². The molecular weight excluding hydrogens is 168 g/mol. The Morgan fingerprint density at radius 1 is 1.25 bits per heavy atom. The van der Waals surface area contributed by atoms with E-state index < -0.39 is 0 Å². The van der Waals surface area contributed by atoms with Crippen molar-refractivity contribution in [3.05, 3.63) is 12.2 Å². The second kappa shape index (κ2) is 5.64. The van der Waals surface area contributed by atoms with Crippen LogP contribution in [0.25, 0.3) is 0 Å². The minimum Gasteiger partial charge on any atom is -0.126 e. The maximum absolute atomic E-state index is 5.59. The Kier molecular flexibility index (Phi) is 4.75. The maximum atomic E-state index is 5.59. The predicted octanol–water partition coefficient (Wildman–Crippen LogP) is 4.00. The minimum absolute atomic E-state index is 0.764. The van der Waals surface area contributed by atoms with E-state index in [1.165, 1.54) is 25.7 Å². The molecule has 0 unspecified atom stereocenters. The molecule has 0 bridgehead atoms. The van der Waals surface area contributed by atoms with Crippen molar-refractivity contribution in [3.63, 3.8) is 0 Å². The molecule has 0 N–H and O–H groups in total. The van der Waals surface area contributed by atoms with Crippen LogP contribution in [0, 0.1) is 11.8 Å². The molecule has 12 heavy (non-hydrogen) atoms. The van der Waals surface area contributed by atoms with Crippen LogP contribution in [0.15, 0.2) is 12.2 Å². The average molecular weight is 187 g/mol. The summed E-state index contributed by atoms with van der Waals surface area (Å²) in [6, 6.07) is 0. The van der Waals surface area contributed by atoms with E-state index in [2.05, 4.69) is 19.1 Å². The zero-order valence-corrected chi connectivity index (χ0v) is 8.69. The Bertz CT molecular complexity index is 132. The summed E-state index contributed by atoms with van der Waals surface area (Å²) < 4.78 is 0. The SMILES string of the molecule is CC1CCC(C=CCCCl)CC1. The molecule has 1 aliphatic carbocycles. The molecule has 70 valence electrons. The van der Waals surface area contributed by atoms with Gasteiger partial charge in [0.1, 0.15) is 0 Å². The fourth-order valence-electron chi connectivity index (χ4n) is 1.83. The molecule has 0 saturated heterocycles. The van der Waals surface area contributed by atoms with E-state index in [-0.39, 0.29) is 0 Å². The van der Waals surface area contributed by atoms with Crippen LogP contribution < -0.4 is 0 Å². The van der Waals surface area contributed by atoms with E-state index in [1.807, 2.05) is 0 Å². The number of halogens is 1. The highest BCUT2D eigenvalue weighted by Crippen LogP contribution is 2.28. The smallest absolute Gasteiger partial charge is 0.0258 e. The summed E-state index contributed by atoms with van der Waals surface area (Å²) in [7, 11) is 0. The van der Waals surface area contributed by atoms with Crippen LogP contribution >= 0.6 is 11.6 Å². The quantitative estimate of drug-likeness (QED) is 0.462. The number of rotatable bonds is 3. The third kappa shape index (κ3) is 3.62. The lowest BCUT2D eigenvalue weighted by Gasteiger charge is -2.23. The highest BCUT2D eigenvalue weighted by atomic mass is 35.5. The van der Waals surface area contributed by atoms with Crippen molar-refractivity contribution in [1.29, 1.82) is 0 Å². The largest absolute Gasteiger partial charge is 0.126 e. The van der Waals surface area contributed by atoms with Crippen molar-refractivity contribution >= 4 is 11.6 Å². The normalized spacial score (nSPS) is 31.2. The topological polar surface area (TPSA) is 0 Å². The fourth-order valence-corrected chi connectivity index (χ4v) is 1.96. The molecule has 0 aliphatic heterocycles. The van der Waals surface area contributed by atoms with E-state index in [0.29, 0.717) is 0 Å². The summed E-state index contributed by atoms with van der Waals surface area (Å²) in [5, 5.41) is 0. The minimum atomic E-state index is 0.764. The third-order valence-corrected chi connectivity index (χ3v) is 2.96. The van der Waals surface area contributed by atoms with Crippen LogP contribution in [0.3, 0.4) is 0 Å². The third-order valence-electron chi connectivity index (χ3n) is 2.74. The summed E-state index contributed by atoms with van der Waals surface area (Å²) in [5.41, 5.74) is 0. The molecule has 1 rings (SSSR count). The van der Waals surface area contributed by atoms with Crippen molar-refractivity contribution < 1.29 is 0 Å². The van der Waals surface area contributed by atoms with Gasteiger partial charge in [-0.15, -0.1) is 11.6 Å². The van der Waals surface area contributed by atoms with Gasteiger partial charge < -0.3 is 0 Å². The second-order valence-corrected chi connectivity index (χ2v) is 4.30. The van der Waals surface area contributed by atoms with E-state index >= 15 is 0 Å². The Morgan fingerprint density at radius 3 is 2.50 bits per heavy atom. The van der Waals surface area contributed by atoms with Crippen molar-refractivity contribution in [2.75, 3.05) is 5.88 Å². The number of hydrogen-bond acceptors (Lipinski definition) is 0. The van der Waals surface area contributed by atoms with Gasteiger partial charge in [0.05, 0.1) is 0 Å². The van der Waals surface area contributed by atoms with Crippen LogP contribution in [0.1, 0.15) is 39.0 Å². The van der Waals surface area contributed by atoms with Gasteiger partial charge in [-0.25, -0.2) is 0 Å². The second-order valence-electron chi connectivity index (χ2n) is 3.93. The van der Waals surface area contributed by atoms with E-state index in [0.717, 1.165) is 24.1 Å². The molecule has 1 fully saturated rings. The first-order chi connectivity index (χ1) is 5.83. The van der Waals surface area contributed by atoms with Crippen LogP contribution in [-0.2, 0) is 0 Å². The van der Waals surface area contributed by atoms with Gasteiger partial charge in [0, 0.05) is 5.88 Å². The molecule has 1 heteroatoms. The van der Waals surface area contributed by atoms with Gasteiger partial charge in [-0.1, -0.05) is 31.9 Å². The van der Waals surface area contributed by atoms with Crippen molar-refractivity contribution in [2.24, 2.45) is 11.8 Å². The molecular formula is C11H19Cl. The first-order valence-electron chi connectivity index (χ1n) is 5.05. The van der Waals surface area contributed by atoms with Crippen molar-refractivity contribution in [1.82, 2.24) is 0 Å².